The van der Waals surface area contributed by atoms with Crippen molar-refractivity contribution in [3.8, 4) is 0 Å². The average molecular weight is 346 g/mol. The first-order valence-corrected chi connectivity index (χ1v) is 7.27. The molecule has 0 aliphatic carbocycles. The topological polar surface area (TPSA) is 54.0 Å². The fourth-order valence-electron chi connectivity index (χ4n) is 1.79. The second-order valence-corrected chi connectivity index (χ2v) is 5.40. The Morgan fingerprint density at radius 3 is 2.86 bits per heavy atom. The molecule has 0 atom stereocenters. The summed E-state index contributed by atoms with van der Waals surface area (Å²) in [5.41, 5.74) is 3.35. The number of carbonyl (C=O) groups excluding carboxylic acids is 1. The lowest BCUT2D eigenvalue weighted by molar-refractivity contribution is 0.0957. The zero-order valence-corrected chi connectivity index (χ0v) is 13.3. The summed E-state index contributed by atoms with van der Waals surface area (Å²) < 4.78 is 1.06. The molecule has 0 saturated carbocycles. The summed E-state index contributed by atoms with van der Waals surface area (Å²) >= 11 is 3.47. The molecule has 2 N–H and O–H groups in total. The third-order valence-corrected chi connectivity index (χ3v) is 3.74. The highest BCUT2D eigenvalue weighted by Crippen LogP contribution is 2.23. The van der Waals surface area contributed by atoms with Crippen LogP contribution in [0, 0.1) is 6.92 Å². The van der Waals surface area contributed by atoms with E-state index in [9.17, 15) is 4.79 Å². The van der Waals surface area contributed by atoms with Crippen molar-refractivity contribution < 1.29 is 4.79 Å². The molecule has 5 heteroatoms. The minimum Gasteiger partial charge on any atom is -0.354 e. The maximum atomic E-state index is 11.9. The van der Waals surface area contributed by atoms with E-state index in [2.05, 4.69) is 38.1 Å². The normalized spacial score (nSPS) is 10.0. The number of rotatable bonds is 5. The lowest BCUT2D eigenvalue weighted by Gasteiger charge is -2.09. The van der Waals surface area contributed by atoms with E-state index in [0.29, 0.717) is 12.1 Å². The van der Waals surface area contributed by atoms with Gasteiger partial charge in [0.25, 0.3) is 5.91 Å². The Balaban J connectivity index is 2.15. The van der Waals surface area contributed by atoms with Crippen molar-refractivity contribution >= 4 is 33.2 Å². The van der Waals surface area contributed by atoms with Gasteiger partial charge in [0, 0.05) is 22.9 Å². The standard InChI is InChI=1S/C16H16BrN3O/c1-3-6-19-16(21)12-8-14(10-18-9-12)20-13-4-5-15(17)11(2)7-13/h3-5,7-10,20H,1,6H2,2H3,(H,19,21). The van der Waals surface area contributed by atoms with Gasteiger partial charge < -0.3 is 10.6 Å². The average Bonchev–Trinajstić information content (AvgIpc) is 2.49. The van der Waals surface area contributed by atoms with Crippen molar-refractivity contribution in [3.63, 3.8) is 0 Å². The summed E-state index contributed by atoms with van der Waals surface area (Å²) in [7, 11) is 0. The molecule has 4 nitrogen and oxygen atoms in total. The molecule has 1 amide bonds. The van der Waals surface area contributed by atoms with Crippen LogP contribution in [0.4, 0.5) is 11.4 Å². The molecule has 1 aromatic heterocycles. The van der Waals surface area contributed by atoms with E-state index in [0.717, 1.165) is 21.4 Å². The predicted octanol–water partition coefficient (Wildman–Crippen LogP) is 3.81. The van der Waals surface area contributed by atoms with E-state index in [4.69, 9.17) is 0 Å². The van der Waals surface area contributed by atoms with Crippen LogP contribution in [0.2, 0.25) is 0 Å². The molecule has 0 aliphatic rings. The van der Waals surface area contributed by atoms with Crippen LogP contribution in [0.1, 0.15) is 15.9 Å². The Kier molecular flexibility index (Phi) is 5.11. The number of aryl methyl sites for hydroxylation is 1. The number of aromatic nitrogens is 1. The van der Waals surface area contributed by atoms with Crippen LogP contribution < -0.4 is 10.6 Å². The third kappa shape index (κ3) is 4.16. The molecule has 0 bridgehead atoms. The molecule has 0 fully saturated rings. The van der Waals surface area contributed by atoms with Crippen LogP contribution in [0.15, 0.2) is 53.8 Å². The first kappa shape index (κ1) is 15.3. The maximum Gasteiger partial charge on any atom is 0.253 e. The number of carbonyl (C=O) groups is 1. The number of nitrogens with zero attached hydrogens (tertiary/aromatic N) is 1. The highest BCUT2D eigenvalue weighted by Gasteiger charge is 2.06. The van der Waals surface area contributed by atoms with Crippen LogP contribution in [-0.4, -0.2) is 17.4 Å². The quantitative estimate of drug-likeness (QED) is 0.810. The lowest BCUT2D eigenvalue weighted by Crippen LogP contribution is -2.23. The zero-order valence-electron chi connectivity index (χ0n) is 11.7. The van der Waals surface area contributed by atoms with Crippen molar-refractivity contribution in [2.45, 2.75) is 6.92 Å². The monoisotopic (exact) mass is 345 g/mol. The van der Waals surface area contributed by atoms with Gasteiger partial charge in [0.05, 0.1) is 17.4 Å². The minimum absolute atomic E-state index is 0.168. The van der Waals surface area contributed by atoms with E-state index in [1.54, 1.807) is 18.3 Å². The number of hydrogen-bond donors (Lipinski definition) is 2. The van der Waals surface area contributed by atoms with Crippen molar-refractivity contribution in [2.24, 2.45) is 0 Å². The number of anilines is 2. The highest BCUT2D eigenvalue weighted by atomic mass is 79.9. The van der Waals surface area contributed by atoms with Gasteiger partial charge >= 0.3 is 0 Å². The molecule has 0 radical (unpaired) electrons. The molecule has 1 heterocycles. The van der Waals surface area contributed by atoms with Gasteiger partial charge in [-0.2, -0.15) is 0 Å². The van der Waals surface area contributed by atoms with Crippen molar-refractivity contribution in [1.29, 1.82) is 0 Å². The van der Waals surface area contributed by atoms with Gasteiger partial charge in [0.15, 0.2) is 0 Å². The summed E-state index contributed by atoms with van der Waals surface area (Å²) in [6.07, 6.45) is 4.86. The summed E-state index contributed by atoms with van der Waals surface area (Å²) in [5, 5.41) is 5.97. The number of amides is 1. The Morgan fingerprint density at radius 2 is 2.14 bits per heavy atom. The summed E-state index contributed by atoms with van der Waals surface area (Å²) in [5.74, 6) is -0.168. The largest absolute Gasteiger partial charge is 0.354 e. The van der Waals surface area contributed by atoms with Gasteiger partial charge in [-0.3, -0.25) is 9.78 Å². The summed E-state index contributed by atoms with van der Waals surface area (Å²) in [4.78, 5) is 16.0. The molecule has 1 aromatic carbocycles. The third-order valence-electron chi connectivity index (χ3n) is 2.85. The van der Waals surface area contributed by atoms with Gasteiger partial charge in [-0.1, -0.05) is 22.0 Å². The molecule has 21 heavy (non-hydrogen) atoms. The molecule has 0 aliphatic heterocycles. The Morgan fingerprint density at radius 1 is 1.33 bits per heavy atom. The Bertz CT molecular complexity index is 670. The fourth-order valence-corrected chi connectivity index (χ4v) is 2.04. The van der Waals surface area contributed by atoms with Crippen LogP contribution in [0.3, 0.4) is 0 Å². The number of nitrogens with one attached hydrogen (secondary N) is 2. The molecular weight excluding hydrogens is 330 g/mol. The van der Waals surface area contributed by atoms with Gasteiger partial charge in [0.2, 0.25) is 0 Å². The van der Waals surface area contributed by atoms with Crippen LogP contribution in [-0.2, 0) is 0 Å². The molecule has 0 spiro atoms. The number of pyridine rings is 1. The fraction of sp³-hybridized carbons (Fsp3) is 0.125. The minimum atomic E-state index is -0.168. The van der Waals surface area contributed by atoms with Gasteiger partial charge in [0.1, 0.15) is 0 Å². The molecule has 2 aromatic rings. The van der Waals surface area contributed by atoms with Crippen molar-refractivity contribution in [2.75, 3.05) is 11.9 Å². The number of benzene rings is 1. The maximum absolute atomic E-state index is 11.9. The SMILES string of the molecule is C=CCNC(=O)c1cncc(Nc2ccc(Br)c(C)c2)c1. The van der Waals surface area contributed by atoms with E-state index in [1.807, 2.05) is 25.1 Å². The van der Waals surface area contributed by atoms with E-state index >= 15 is 0 Å². The van der Waals surface area contributed by atoms with Gasteiger partial charge in [-0.05, 0) is 36.8 Å². The Labute approximate surface area is 132 Å². The van der Waals surface area contributed by atoms with Crippen LogP contribution in [0.25, 0.3) is 0 Å². The van der Waals surface area contributed by atoms with E-state index in [-0.39, 0.29) is 5.91 Å². The van der Waals surface area contributed by atoms with Crippen LogP contribution in [0.5, 0.6) is 0 Å². The number of hydrogen-bond acceptors (Lipinski definition) is 3. The summed E-state index contributed by atoms with van der Waals surface area (Å²) in [6, 6.07) is 7.73. The lowest BCUT2D eigenvalue weighted by atomic mass is 10.2. The molecule has 0 saturated heterocycles. The smallest absolute Gasteiger partial charge is 0.253 e. The zero-order chi connectivity index (χ0) is 15.2. The second-order valence-electron chi connectivity index (χ2n) is 4.55. The van der Waals surface area contributed by atoms with Crippen LogP contribution >= 0.6 is 15.9 Å². The first-order valence-electron chi connectivity index (χ1n) is 6.47. The van der Waals surface area contributed by atoms with E-state index < -0.39 is 0 Å². The molecular formula is C16H16BrN3O. The predicted molar refractivity (Wildman–Crippen MR) is 88.9 cm³/mol. The van der Waals surface area contributed by atoms with E-state index in [1.165, 1.54) is 6.20 Å². The molecule has 2 rings (SSSR count). The van der Waals surface area contributed by atoms with Crippen molar-refractivity contribution in [3.05, 3.63) is 64.9 Å². The first-order chi connectivity index (χ1) is 10.1. The van der Waals surface area contributed by atoms with Gasteiger partial charge in [-0.15, -0.1) is 6.58 Å². The van der Waals surface area contributed by atoms with Crippen molar-refractivity contribution in [1.82, 2.24) is 10.3 Å². The highest BCUT2D eigenvalue weighted by molar-refractivity contribution is 9.10. The molecule has 108 valence electrons. The summed E-state index contributed by atoms with van der Waals surface area (Å²) in [6.45, 7) is 6.02. The van der Waals surface area contributed by atoms with Gasteiger partial charge in [-0.25, -0.2) is 0 Å². The molecule has 0 unspecified atom stereocenters. The Hall–Kier alpha value is -2.14. The number of halogens is 1. The second kappa shape index (κ2) is 7.04.